The number of benzene rings is 2. The largest absolute Gasteiger partial charge is 0.496 e. The van der Waals surface area contributed by atoms with Crippen molar-refractivity contribution < 1.29 is 23.0 Å². The van der Waals surface area contributed by atoms with Crippen LogP contribution in [0, 0.1) is 17.5 Å². The summed E-state index contributed by atoms with van der Waals surface area (Å²) in [7, 11) is 1.40. The van der Waals surface area contributed by atoms with Crippen LogP contribution >= 0.6 is 0 Å². The van der Waals surface area contributed by atoms with Gasteiger partial charge >= 0.3 is 0 Å². The van der Waals surface area contributed by atoms with E-state index in [1.54, 1.807) is 18.2 Å². The predicted molar refractivity (Wildman–Crippen MR) is 63.4 cm³/mol. The van der Waals surface area contributed by atoms with Gasteiger partial charge in [-0.25, -0.2) is 13.2 Å². The Morgan fingerprint density at radius 3 is 2.32 bits per heavy atom. The fourth-order valence-electron chi connectivity index (χ4n) is 1.81. The summed E-state index contributed by atoms with van der Waals surface area (Å²) in [5.41, 5.74) is -0.0710. The fraction of sp³-hybridized carbons (Fsp3) is 0.143. The Labute approximate surface area is 108 Å². The normalized spacial score (nSPS) is 12.3. The number of para-hydroxylation sites is 1. The summed E-state index contributed by atoms with van der Waals surface area (Å²) in [4.78, 5) is 0. The number of ether oxygens (including phenoxy) is 1. The van der Waals surface area contributed by atoms with Crippen molar-refractivity contribution >= 4 is 0 Å². The summed E-state index contributed by atoms with van der Waals surface area (Å²) in [5.74, 6) is -3.97. The van der Waals surface area contributed by atoms with Gasteiger partial charge in [-0.15, -0.1) is 0 Å². The van der Waals surface area contributed by atoms with Crippen molar-refractivity contribution in [2.24, 2.45) is 0 Å². The van der Waals surface area contributed by atoms with Crippen molar-refractivity contribution in [3.63, 3.8) is 0 Å². The summed E-state index contributed by atoms with van der Waals surface area (Å²) in [6.07, 6.45) is -1.44. The molecule has 1 unspecified atom stereocenters. The Morgan fingerprint density at radius 2 is 1.63 bits per heavy atom. The third kappa shape index (κ3) is 2.42. The van der Waals surface area contributed by atoms with Crippen molar-refractivity contribution in [3.05, 3.63) is 65.0 Å². The molecule has 100 valence electrons. The lowest BCUT2D eigenvalue weighted by atomic mass is 10.00. The van der Waals surface area contributed by atoms with Gasteiger partial charge in [-0.1, -0.05) is 24.3 Å². The molecule has 0 heterocycles. The average Bonchev–Trinajstić information content (AvgIpc) is 2.44. The van der Waals surface area contributed by atoms with Gasteiger partial charge in [0.1, 0.15) is 11.9 Å². The van der Waals surface area contributed by atoms with Gasteiger partial charge in [-0.2, -0.15) is 0 Å². The third-order valence-corrected chi connectivity index (χ3v) is 2.79. The summed E-state index contributed by atoms with van der Waals surface area (Å²) in [6, 6.07) is 8.17. The van der Waals surface area contributed by atoms with Gasteiger partial charge in [0.2, 0.25) is 0 Å². The highest BCUT2D eigenvalue weighted by Gasteiger charge is 2.22. The van der Waals surface area contributed by atoms with Gasteiger partial charge in [0.15, 0.2) is 17.5 Å². The van der Waals surface area contributed by atoms with Crippen molar-refractivity contribution in [2.75, 3.05) is 7.11 Å². The monoisotopic (exact) mass is 268 g/mol. The average molecular weight is 268 g/mol. The van der Waals surface area contributed by atoms with E-state index in [0.717, 1.165) is 12.1 Å². The van der Waals surface area contributed by atoms with E-state index in [2.05, 4.69) is 0 Å². The van der Waals surface area contributed by atoms with E-state index >= 15 is 0 Å². The van der Waals surface area contributed by atoms with Crippen LogP contribution in [-0.4, -0.2) is 12.2 Å². The molecular weight excluding hydrogens is 257 g/mol. The molecule has 1 atom stereocenters. The van der Waals surface area contributed by atoms with Crippen LogP contribution in [-0.2, 0) is 0 Å². The number of halogens is 3. The van der Waals surface area contributed by atoms with Crippen LogP contribution in [0.25, 0.3) is 0 Å². The first kappa shape index (κ1) is 13.4. The molecule has 0 aliphatic rings. The van der Waals surface area contributed by atoms with Gasteiger partial charge in [-0.05, 0) is 12.1 Å². The predicted octanol–water partition coefficient (Wildman–Crippen LogP) is 3.19. The summed E-state index contributed by atoms with van der Waals surface area (Å²) in [6.45, 7) is 0. The highest BCUT2D eigenvalue weighted by molar-refractivity contribution is 5.40. The maximum Gasteiger partial charge on any atom is 0.194 e. The first-order valence-corrected chi connectivity index (χ1v) is 5.50. The minimum atomic E-state index is -1.61. The number of aliphatic hydroxyl groups is 1. The summed E-state index contributed by atoms with van der Waals surface area (Å²) in [5, 5.41) is 10.1. The van der Waals surface area contributed by atoms with Gasteiger partial charge < -0.3 is 9.84 Å². The smallest absolute Gasteiger partial charge is 0.194 e. The lowest BCUT2D eigenvalue weighted by Crippen LogP contribution is -2.07. The van der Waals surface area contributed by atoms with Crippen LogP contribution < -0.4 is 4.74 Å². The second-order valence-electron chi connectivity index (χ2n) is 3.91. The molecule has 2 aromatic carbocycles. The quantitative estimate of drug-likeness (QED) is 0.866. The van der Waals surface area contributed by atoms with Crippen molar-refractivity contribution in [2.45, 2.75) is 6.10 Å². The molecule has 5 heteroatoms. The molecule has 0 saturated carbocycles. The van der Waals surface area contributed by atoms with Crippen molar-refractivity contribution in [1.82, 2.24) is 0 Å². The van der Waals surface area contributed by atoms with Gasteiger partial charge in [0, 0.05) is 11.1 Å². The summed E-state index contributed by atoms with van der Waals surface area (Å²) < 4.78 is 44.7. The molecule has 0 fully saturated rings. The SMILES string of the molecule is COc1ccccc1C(O)c1ccc(F)c(F)c1F. The molecule has 2 aromatic rings. The lowest BCUT2D eigenvalue weighted by molar-refractivity contribution is 0.207. The zero-order valence-corrected chi connectivity index (χ0v) is 10.0. The van der Waals surface area contributed by atoms with Crippen LogP contribution in [0.3, 0.4) is 0 Å². The van der Waals surface area contributed by atoms with Crippen LogP contribution in [0.15, 0.2) is 36.4 Å². The molecule has 0 radical (unpaired) electrons. The zero-order valence-electron chi connectivity index (χ0n) is 10.0. The maximum absolute atomic E-state index is 13.6. The topological polar surface area (TPSA) is 29.5 Å². The standard InChI is InChI=1S/C14H11F3O2/c1-19-11-5-3-2-4-8(11)14(18)9-6-7-10(15)13(17)12(9)16/h2-7,14,18H,1H3. The van der Waals surface area contributed by atoms with E-state index in [0.29, 0.717) is 5.75 Å². The number of aliphatic hydroxyl groups excluding tert-OH is 1. The van der Waals surface area contributed by atoms with E-state index < -0.39 is 23.6 Å². The molecule has 2 rings (SSSR count). The molecule has 0 amide bonds. The minimum Gasteiger partial charge on any atom is -0.496 e. The molecular formula is C14H11F3O2. The first-order valence-electron chi connectivity index (χ1n) is 5.50. The molecule has 0 aromatic heterocycles. The molecule has 0 aliphatic carbocycles. The van der Waals surface area contributed by atoms with Gasteiger partial charge in [0.05, 0.1) is 7.11 Å². The Kier molecular flexibility index (Phi) is 3.76. The number of rotatable bonds is 3. The fourth-order valence-corrected chi connectivity index (χ4v) is 1.81. The molecule has 0 aliphatic heterocycles. The van der Waals surface area contributed by atoms with Crippen molar-refractivity contribution in [1.29, 1.82) is 0 Å². The molecule has 1 N–H and O–H groups in total. The van der Waals surface area contributed by atoms with E-state index in [1.165, 1.54) is 13.2 Å². The highest BCUT2D eigenvalue weighted by Crippen LogP contribution is 2.32. The van der Waals surface area contributed by atoms with E-state index in [1.807, 2.05) is 0 Å². The van der Waals surface area contributed by atoms with Crippen molar-refractivity contribution in [3.8, 4) is 5.75 Å². The molecule has 19 heavy (non-hydrogen) atoms. The Hall–Kier alpha value is -2.01. The van der Waals surface area contributed by atoms with Crippen LogP contribution in [0.1, 0.15) is 17.2 Å². The van der Waals surface area contributed by atoms with Crippen LogP contribution in [0.4, 0.5) is 13.2 Å². The van der Waals surface area contributed by atoms with Crippen LogP contribution in [0.2, 0.25) is 0 Å². The Bertz CT molecular complexity index is 599. The number of methoxy groups -OCH3 is 1. The summed E-state index contributed by atoms with van der Waals surface area (Å²) >= 11 is 0. The molecule has 2 nitrogen and oxygen atoms in total. The minimum absolute atomic E-state index is 0.273. The van der Waals surface area contributed by atoms with E-state index in [-0.39, 0.29) is 11.1 Å². The highest BCUT2D eigenvalue weighted by atomic mass is 19.2. The van der Waals surface area contributed by atoms with E-state index in [9.17, 15) is 18.3 Å². The van der Waals surface area contributed by atoms with E-state index in [4.69, 9.17) is 4.74 Å². The Balaban J connectivity index is 2.50. The van der Waals surface area contributed by atoms with Gasteiger partial charge in [-0.3, -0.25) is 0 Å². The third-order valence-electron chi connectivity index (χ3n) is 2.79. The Morgan fingerprint density at radius 1 is 0.947 bits per heavy atom. The van der Waals surface area contributed by atoms with Gasteiger partial charge in [0.25, 0.3) is 0 Å². The lowest BCUT2D eigenvalue weighted by Gasteiger charge is -2.16. The number of hydrogen-bond donors (Lipinski definition) is 1. The second kappa shape index (κ2) is 5.32. The number of hydrogen-bond acceptors (Lipinski definition) is 2. The van der Waals surface area contributed by atoms with Crippen LogP contribution in [0.5, 0.6) is 5.75 Å². The maximum atomic E-state index is 13.6. The molecule has 0 saturated heterocycles. The second-order valence-corrected chi connectivity index (χ2v) is 3.91. The first-order chi connectivity index (χ1) is 9.06. The molecule has 0 bridgehead atoms. The zero-order chi connectivity index (χ0) is 14.0. The molecule has 0 spiro atoms.